The first-order chi connectivity index (χ1) is 7.78. The molecule has 0 spiro atoms. The summed E-state index contributed by atoms with van der Waals surface area (Å²) in [7, 11) is -1.53. The first-order valence-electron chi connectivity index (χ1n) is 7.03. The van der Waals surface area contributed by atoms with Crippen molar-refractivity contribution in [3.8, 4) is 0 Å². The Balaban J connectivity index is 2.04. The molecule has 0 aromatic carbocycles. The van der Waals surface area contributed by atoms with Gasteiger partial charge in [0.15, 0.2) is 8.32 Å². The Morgan fingerprint density at radius 2 is 1.82 bits per heavy atom. The second-order valence-corrected chi connectivity index (χ2v) is 11.9. The maximum absolute atomic E-state index is 8.96. The highest BCUT2D eigenvalue weighted by molar-refractivity contribution is 6.74. The zero-order chi connectivity index (χ0) is 13.1. The van der Waals surface area contributed by atoms with Gasteiger partial charge in [-0.1, -0.05) is 33.6 Å². The fourth-order valence-electron chi connectivity index (χ4n) is 1.94. The highest BCUT2D eigenvalue weighted by Gasteiger charge is 2.37. The van der Waals surface area contributed by atoms with Gasteiger partial charge in [0.05, 0.1) is 0 Å². The van der Waals surface area contributed by atoms with Crippen LogP contribution < -0.4 is 0 Å². The van der Waals surface area contributed by atoms with Crippen LogP contribution in [0.4, 0.5) is 0 Å². The molecule has 0 aromatic rings. The average Bonchev–Trinajstić information content (AvgIpc) is 2.94. The molecule has 0 radical (unpaired) electrons. The van der Waals surface area contributed by atoms with Crippen LogP contribution in [0.15, 0.2) is 0 Å². The molecule has 0 aromatic heterocycles. The van der Waals surface area contributed by atoms with Crippen molar-refractivity contribution in [1.82, 2.24) is 0 Å². The van der Waals surface area contributed by atoms with Crippen LogP contribution in [-0.4, -0.2) is 26.6 Å². The first-order valence-corrected chi connectivity index (χ1v) is 9.93. The topological polar surface area (TPSA) is 29.5 Å². The molecular weight excluding hydrogens is 228 g/mol. The summed E-state index contributed by atoms with van der Waals surface area (Å²) in [5.41, 5.74) is 0. The summed E-state index contributed by atoms with van der Waals surface area (Å²) in [5, 5.41) is 9.28. The van der Waals surface area contributed by atoms with Gasteiger partial charge < -0.3 is 9.53 Å². The molecule has 0 aliphatic heterocycles. The third-order valence-corrected chi connectivity index (χ3v) is 9.08. The Hall–Kier alpha value is 0.137. The molecule has 2 nitrogen and oxygen atoms in total. The highest BCUT2D eigenvalue weighted by atomic mass is 28.4. The SMILES string of the molecule is CC(C)(C)[Si](C)(C)OCCCC[C@H]1C[C@H]1CO. The summed E-state index contributed by atoms with van der Waals surface area (Å²) in [5.74, 6) is 1.43. The van der Waals surface area contributed by atoms with E-state index in [2.05, 4.69) is 33.9 Å². The van der Waals surface area contributed by atoms with Gasteiger partial charge in [0.1, 0.15) is 0 Å². The lowest BCUT2D eigenvalue weighted by atomic mass is 10.1. The van der Waals surface area contributed by atoms with Gasteiger partial charge in [0, 0.05) is 13.2 Å². The molecule has 102 valence electrons. The Morgan fingerprint density at radius 3 is 2.29 bits per heavy atom. The van der Waals surface area contributed by atoms with Crippen molar-refractivity contribution >= 4 is 8.32 Å². The lowest BCUT2D eigenvalue weighted by molar-refractivity contribution is 0.261. The van der Waals surface area contributed by atoms with E-state index in [1.165, 1.54) is 25.7 Å². The molecule has 1 N–H and O–H groups in total. The summed E-state index contributed by atoms with van der Waals surface area (Å²) in [6.07, 6.45) is 4.97. The van der Waals surface area contributed by atoms with Crippen LogP contribution in [0.2, 0.25) is 18.1 Å². The average molecular weight is 258 g/mol. The van der Waals surface area contributed by atoms with Gasteiger partial charge in [0.2, 0.25) is 0 Å². The molecule has 1 fully saturated rings. The van der Waals surface area contributed by atoms with Gasteiger partial charge in [0.25, 0.3) is 0 Å². The maximum Gasteiger partial charge on any atom is 0.191 e. The molecule has 0 unspecified atom stereocenters. The normalized spacial score (nSPS) is 25.1. The van der Waals surface area contributed by atoms with Crippen LogP contribution in [-0.2, 0) is 4.43 Å². The van der Waals surface area contributed by atoms with E-state index in [0.29, 0.717) is 17.6 Å². The summed E-state index contributed by atoms with van der Waals surface area (Å²) in [6.45, 7) is 12.8. The van der Waals surface area contributed by atoms with Crippen molar-refractivity contribution in [2.45, 2.75) is 64.6 Å². The maximum atomic E-state index is 8.96. The van der Waals surface area contributed by atoms with Crippen molar-refractivity contribution in [3.05, 3.63) is 0 Å². The summed E-state index contributed by atoms with van der Waals surface area (Å²) in [4.78, 5) is 0. The Bertz CT molecular complexity index is 233. The predicted octanol–water partition coefficient (Wildman–Crippen LogP) is 3.81. The minimum atomic E-state index is -1.53. The van der Waals surface area contributed by atoms with Gasteiger partial charge in [-0.05, 0) is 42.8 Å². The third-order valence-electron chi connectivity index (χ3n) is 4.54. The first kappa shape index (κ1) is 15.2. The van der Waals surface area contributed by atoms with E-state index >= 15 is 0 Å². The Kier molecular flexibility index (Phi) is 5.23. The predicted molar refractivity (Wildman–Crippen MR) is 75.7 cm³/mol. The van der Waals surface area contributed by atoms with E-state index in [0.717, 1.165) is 12.5 Å². The van der Waals surface area contributed by atoms with Crippen LogP contribution in [0.3, 0.4) is 0 Å². The van der Waals surface area contributed by atoms with Gasteiger partial charge in [-0.15, -0.1) is 0 Å². The lowest BCUT2D eigenvalue weighted by Crippen LogP contribution is -2.40. The van der Waals surface area contributed by atoms with Gasteiger partial charge in [-0.3, -0.25) is 0 Å². The fourth-order valence-corrected chi connectivity index (χ4v) is 3.03. The smallest absolute Gasteiger partial charge is 0.191 e. The second kappa shape index (κ2) is 5.85. The van der Waals surface area contributed by atoms with Gasteiger partial charge >= 0.3 is 0 Å². The number of aliphatic hydroxyl groups is 1. The number of hydrogen-bond donors (Lipinski definition) is 1. The Morgan fingerprint density at radius 1 is 1.18 bits per heavy atom. The molecule has 0 bridgehead atoms. The van der Waals surface area contributed by atoms with Crippen molar-refractivity contribution < 1.29 is 9.53 Å². The Labute approximate surface area is 108 Å². The molecule has 2 atom stereocenters. The number of unbranched alkanes of at least 4 members (excludes halogenated alkanes) is 1. The molecule has 1 aliphatic carbocycles. The van der Waals surface area contributed by atoms with Crippen molar-refractivity contribution in [1.29, 1.82) is 0 Å². The fraction of sp³-hybridized carbons (Fsp3) is 1.00. The van der Waals surface area contributed by atoms with Crippen molar-refractivity contribution in [2.24, 2.45) is 11.8 Å². The molecule has 17 heavy (non-hydrogen) atoms. The number of hydrogen-bond acceptors (Lipinski definition) is 2. The molecule has 0 saturated heterocycles. The highest BCUT2D eigenvalue weighted by Crippen LogP contribution is 2.41. The van der Waals surface area contributed by atoms with E-state index in [1.54, 1.807) is 0 Å². The molecular formula is C14H30O2Si. The van der Waals surface area contributed by atoms with Crippen molar-refractivity contribution in [2.75, 3.05) is 13.2 Å². The van der Waals surface area contributed by atoms with Gasteiger partial charge in [-0.25, -0.2) is 0 Å². The summed E-state index contributed by atoms with van der Waals surface area (Å²) < 4.78 is 6.14. The molecule has 1 rings (SSSR count). The van der Waals surface area contributed by atoms with E-state index in [4.69, 9.17) is 9.53 Å². The number of aliphatic hydroxyl groups excluding tert-OH is 1. The van der Waals surface area contributed by atoms with E-state index in [9.17, 15) is 0 Å². The van der Waals surface area contributed by atoms with Crippen LogP contribution in [0.25, 0.3) is 0 Å². The molecule has 1 saturated carbocycles. The standard InChI is InChI=1S/C14H30O2Si/c1-14(2,3)17(4,5)16-9-7-6-8-12-10-13(12)11-15/h12-13,15H,6-11H2,1-5H3/t12-,13-/m0/s1. The van der Waals surface area contributed by atoms with Crippen LogP contribution >= 0.6 is 0 Å². The van der Waals surface area contributed by atoms with Gasteiger partial charge in [-0.2, -0.15) is 0 Å². The minimum absolute atomic E-state index is 0.325. The van der Waals surface area contributed by atoms with Crippen LogP contribution in [0, 0.1) is 11.8 Å². The number of rotatable bonds is 7. The molecule has 1 aliphatic rings. The lowest BCUT2D eigenvalue weighted by Gasteiger charge is -2.36. The third kappa shape index (κ3) is 4.72. The molecule has 0 heterocycles. The molecule has 3 heteroatoms. The van der Waals surface area contributed by atoms with E-state index in [-0.39, 0.29) is 0 Å². The zero-order valence-corrected chi connectivity index (χ0v) is 13.3. The quantitative estimate of drug-likeness (QED) is 0.556. The monoisotopic (exact) mass is 258 g/mol. The second-order valence-electron chi connectivity index (χ2n) is 7.04. The van der Waals surface area contributed by atoms with Crippen LogP contribution in [0.1, 0.15) is 46.5 Å². The van der Waals surface area contributed by atoms with E-state index in [1.807, 2.05) is 0 Å². The largest absolute Gasteiger partial charge is 0.417 e. The van der Waals surface area contributed by atoms with Crippen LogP contribution in [0.5, 0.6) is 0 Å². The van der Waals surface area contributed by atoms with Crippen molar-refractivity contribution in [3.63, 3.8) is 0 Å². The summed E-state index contributed by atoms with van der Waals surface area (Å²) >= 11 is 0. The van der Waals surface area contributed by atoms with E-state index < -0.39 is 8.32 Å². The summed E-state index contributed by atoms with van der Waals surface area (Å²) in [6, 6.07) is 0. The molecule has 0 amide bonds. The zero-order valence-electron chi connectivity index (χ0n) is 12.3. The minimum Gasteiger partial charge on any atom is -0.417 e.